The number of rotatable bonds is 3. The van der Waals surface area contributed by atoms with Gasteiger partial charge in [0.25, 0.3) is 0 Å². The second-order valence-electron chi connectivity index (χ2n) is 4.56. The molecule has 0 saturated heterocycles. The first-order valence-corrected chi connectivity index (χ1v) is 5.73. The molecule has 0 aromatic carbocycles. The first-order chi connectivity index (χ1) is 7.24. The van der Waals surface area contributed by atoms with Gasteiger partial charge in [0.05, 0.1) is 6.20 Å². The summed E-state index contributed by atoms with van der Waals surface area (Å²) in [5, 5.41) is 4.15. The second kappa shape index (κ2) is 4.60. The van der Waals surface area contributed by atoms with Crippen LogP contribution in [-0.4, -0.2) is 15.6 Å². The molecule has 0 amide bonds. The number of carbonyl (C=O) groups is 1. The molecule has 3 heteroatoms. The first-order valence-electron chi connectivity index (χ1n) is 5.73. The van der Waals surface area contributed by atoms with Crippen molar-refractivity contribution in [3.05, 3.63) is 18.0 Å². The third-order valence-electron chi connectivity index (χ3n) is 3.18. The molecule has 1 aromatic rings. The van der Waals surface area contributed by atoms with E-state index in [2.05, 4.69) is 11.3 Å². The van der Waals surface area contributed by atoms with Crippen molar-refractivity contribution in [3.63, 3.8) is 0 Å². The lowest BCUT2D eigenvalue weighted by molar-refractivity contribution is -0.121. The number of carbonyl (C=O) groups excluding carboxylic acids is 1. The number of aromatic nitrogens is 2. The van der Waals surface area contributed by atoms with E-state index in [4.69, 9.17) is 0 Å². The average molecular weight is 206 g/mol. The molecule has 82 valence electrons. The summed E-state index contributed by atoms with van der Waals surface area (Å²) in [7, 11) is 1.94. The highest BCUT2D eigenvalue weighted by Gasteiger charge is 2.19. The number of Topliss-reactive ketones (excluding diaryl/α,β-unsaturated/α-hetero) is 1. The summed E-state index contributed by atoms with van der Waals surface area (Å²) in [6, 6.07) is 0. The van der Waals surface area contributed by atoms with E-state index in [9.17, 15) is 4.79 Å². The topological polar surface area (TPSA) is 34.9 Å². The minimum atomic E-state index is 0.456. The van der Waals surface area contributed by atoms with E-state index in [1.54, 1.807) is 0 Å². The smallest absolute Gasteiger partial charge is 0.133 e. The van der Waals surface area contributed by atoms with Gasteiger partial charge in [-0.05, 0) is 37.2 Å². The largest absolute Gasteiger partial charge is 0.300 e. The molecular formula is C12H18N2O. The molecule has 0 spiro atoms. The fourth-order valence-corrected chi connectivity index (χ4v) is 2.33. The van der Waals surface area contributed by atoms with Gasteiger partial charge in [-0.25, -0.2) is 0 Å². The molecule has 1 saturated carbocycles. The van der Waals surface area contributed by atoms with Crippen LogP contribution in [0.4, 0.5) is 0 Å². The van der Waals surface area contributed by atoms with Gasteiger partial charge in [0.15, 0.2) is 0 Å². The molecule has 1 aliphatic carbocycles. The lowest BCUT2D eigenvalue weighted by atomic mass is 9.85. The first kappa shape index (κ1) is 10.4. The van der Waals surface area contributed by atoms with Crippen LogP contribution in [0.25, 0.3) is 0 Å². The standard InChI is InChI=1S/C12H18N2O/c1-14-9-11(8-13-14)6-5-10-3-2-4-12(15)7-10/h8-10H,2-7H2,1H3. The highest BCUT2D eigenvalue weighted by atomic mass is 16.1. The van der Waals surface area contributed by atoms with Crippen LogP contribution >= 0.6 is 0 Å². The summed E-state index contributed by atoms with van der Waals surface area (Å²) in [6.45, 7) is 0. The summed E-state index contributed by atoms with van der Waals surface area (Å²) < 4.78 is 1.83. The second-order valence-corrected chi connectivity index (χ2v) is 4.56. The Hall–Kier alpha value is -1.12. The van der Waals surface area contributed by atoms with E-state index in [1.807, 2.05) is 17.9 Å². The summed E-state index contributed by atoms with van der Waals surface area (Å²) in [5.74, 6) is 1.07. The van der Waals surface area contributed by atoms with Crippen LogP contribution in [0.1, 0.15) is 37.7 Å². The summed E-state index contributed by atoms with van der Waals surface area (Å²) in [4.78, 5) is 11.3. The van der Waals surface area contributed by atoms with Gasteiger partial charge >= 0.3 is 0 Å². The lowest BCUT2D eigenvalue weighted by Gasteiger charge is -2.20. The van der Waals surface area contributed by atoms with E-state index in [-0.39, 0.29) is 0 Å². The minimum Gasteiger partial charge on any atom is -0.300 e. The lowest BCUT2D eigenvalue weighted by Crippen LogP contribution is -2.15. The van der Waals surface area contributed by atoms with Crippen LogP contribution in [0.3, 0.4) is 0 Å². The van der Waals surface area contributed by atoms with Crippen molar-refractivity contribution >= 4 is 5.78 Å². The van der Waals surface area contributed by atoms with Gasteiger partial charge in [0.2, 0.25) is 0 Å². The number of aryl methyl sites for hydroxylation is 2. The van der Waals surface area contributed by atoms with E-state index in [0.717, 1.165) is 32.1 Å². The van der Waals surface area contributed by atoms with Crippen LogP contribution in [0.2, 0.25) is 0 Å². The zero-order chi connectivity index (χ0) is 10.7. The Bertz CT molecular complexity index is 343. The molecular weight excluding hydrogens is 188 g/mol. The van der Waals surface area contributed by atoms with Crippen molar-refractivity contribution in [1.82, 2.24) is 9.78 Å². The third kappa shape index (κ3) is 2.91. The average Bonchev–Trinajstić information content (AvgIpc) is 2.62. The van der Waals surface area contributed by atoms with Crippen LogP contribution < -0.4 is 0 Å². The minimum absolute atomic E-state index is 0.456. The number of hydrogen-bond donors (Lipinski definition) is 0. The molecule has 1 heterocycles. The molecule has 3 nitrogen and oxygen atoms in total. The van der Waals surface area contributed by atoms with Crippen LogP contribution in [-0.2, 0) is 18.3 Å². The van der Waals surface area contributed by atoms with E-state index in [1.165, 1.54) is 12.0 Å². The Morgan fingerprint density at radius 2 is 2.47 bits per heavy atom. The van der Waals surface area contributed by atoms with Gasteiger partial charge in [-0.2, -0.15) is 5.10 Å². The van der Waals surface area contributed by atoms with Gasteiger partial charge in [0.1, 0.15) is 5.78 Å². The Kier molecular flexibility index (Phi) is 3.19. The van der Waals surface area contributed by atoms with Gasteiger partial charge in [-0.15, -0.1) is 0 Å². The van der Waals surface area contributed by atoms with E-state index < -0.39 is 0 Å². The molecule has 2 rings (SSSR count). The molecule has 1 aliphatic rings. The summed E-state index contributed by atoms with van der Waals surface area (Å²) >= 11 is 0. The van der Waals surface area contributed by atoms with Gasteiger partial charge < -0.3 is 0 Å². The fourth-order valence-electron chi connectivity index (χ4n) is 2.33. The summed E-state index contributed by atoms with van der Waals surface area (Å²) in [5.41, 5.74) is 1.29. The molecule has 0 aliphatic heterocycles. The highest BCUT2D eigenvalue weighted by Crippen LogP contribution is 2.25. The predicted octanol–water partition coefficient (Wildman–Crippen LogP) is 2.11. The Balaban J connectivity index is 1.80. The monoisotopic (exact) mass is 206 g/mol. The zero-order valence-corrected chi connectivity index (χ0v) is 9.28. The summed E-state index contributed by atoms with van der Waals surface area (Å²) in [6.07, 6.45) is 10.1. The molecule has 0 bridgehead atoms. The predicted molar refractivity (Wildman–Crippen MR) is 58.5 cm³/mol. The fraction of sp³-hybridized carbons (Fsp3) is 0.667. The quantitative estimate of drug-likeness (QED) is 0.759. The Morgan fingerprint density at radius 1 is 1.60 bits per heavy atom. The number of ketones is 1. The van der Waals surface area contributed by atoms with Crippen molar-refractivity contribution in [3.8, 4) is 0 Å². The van der Waals surface area contributed by atoms with E-state index in [0.29, 0.717) is 11.7 Å². The molecule has 1 atom stereocenters. The highest BCUT2D eigenvalue weighted by molar-refractivity contribution is 5.79. The van der Waals surface area contributed by atoms with Crippen LogP contribution in [0.15, 0.2) is 12.4 Å². The van der Waals surface area contributed by atoms with Crippen LogP contribution in [0.5, 0.6) is 0 Å². The Morgan fingerprint density at radius 3 is 3.13 bits per heavy atom. The van der Waals surface area contributed by atoms with Gasteiger partial charge in [-0.1, -0.05) is 0 Å². The molecule has 0 radical (unpaired) electrons. The third-order valence-corrected chi connectivity index (χ3v) is 3.18. The maximum absolute atomic E-state index is 11.3. The maximum Gasteiger partial charge on any atom is 0.133 e. The van der Waals surface area contributed by atoms with Crippen molar-refractivity contribution < 1.29 is 4.79 Å². The number of hydrogen-bond acceptors (Lipinski definition) is 2. The molecule has 15 heavy (non-hydrogen) atoms. The van der Waals surface area contributed by atoms with Crippen molar-refractivity contribution in [2.75, 3.05) is 0 Å². The van der Waals surface area contributed by atoms with E-state index >= 15 is 0 Å². The normalized spacial score (nSPS) is 21.9. The zero-order valence-electron chi connectivity index (χ0n) is 9.28. The van der Waals surface area contributed by atoms with Crippen molar-refractivity contribution in [2.45, 2.75) is 38.5 Å². The van der Waals surface area contributed by atoms with Crippen LogP contribution in [0, 0.1) is 5.92 Å². The van der Waals surface area contributed by atoms with Crippen molar-refractivity contribution in [1.29, 1.82) is 0 Å². The molecule has 1 fully saturated rings. The SMILES string of the molecule is Cn1cc(CCC2CCCC(=O)C2)cn1. The number of nitrogens with zero attached hydrogens (tertiary/aromatic N) is 2. The Labute approximate surface area is 90.5 Å². The van der Waals surface area contributed by atoms with Crippen molar-refractivity contribution in [2.24, 2.45) is 13.0 Å². The molecule has 1 aromatic heterocycles. The molecule has 0 N–H and O–H groups in total. The maximum atomic E-state index is 11.3. The molecule has 1 unspecified atom stereocenters. The van der Waals surface area contributed by atoms with Gasteiger partial charge in [-0.3, -0.25) is 9.48 Å². The van der Waals surface area contributed by atoms with Gasteiger partial charge in [0, 0.05) is 26.1 Å².